The highest BCUT2D eigenvalue weighted by Gasteiger charge is 2.22. The Kier molecular flexibility index (Phi) is 9.07. The quantitative estimate of drug-likeness (QED) is 0.216. The third-order valence-corrected chi connectivity index (χ3v) is 9.20. The largest absolute Gasteiger partial charge is 0.299 e. The summed E-state index contributed by atoms with van der Waals surface area (Å²) in [5.41, 5.74) is 8.68. The predicted octanol–water partition coefficient (Wildman–Crippen LogP) is 8.26. The van der Waals surface area contributed by atoms with E-state index in [1.165, 1.54) is 98.1 Å². The van der Waals surface area contributed by atoms with Gasteiger partial charge in [0.05, 0.1) is 0 Å². The van der Waals surface area contributed by atoms with Crippen LogP contribution in [0, 0.1) is 11.8 Å². The van der Waals surface area contributed by atoms with E-state index in [0.717, 1.165) is 24.9 Å². The molecular formula is C38H44N2. The summed E-state index contributed by atoms with van der Waals surface area (Å²) in [7, 11) is 0. The Morgan fingerprint density at radius 1 is 0.475 bits per heavy atom. The first-order chi connectivity index (χ1) is 19.8. The Morgan fingerprint density at radius 3 is 1.48 bits per heavy atom. The molecule has 2 heteroatoms. The Morgan fingerprint density at radius 2 is 0.950 bits per heavy atom. The number of likely N-dealkylation sites (tertiary alicyclic amines) is 2. The van der Waals surface area contributed by atoms with Gasteiger partial charge >= 0.3 is 0 Å². The molecule has 2 fully saturated rings. The first kappa shape index (κ1) is 27.0. The summed E-state index contributed by atoms with van der Waals surface area (Å²) >= 11 is 0. The first-order valence-corrected chi connectivity index (χ1v) is 15.5. The lowest BCUT2D eigenvalue weighted by Crippen LogP contribution is -2.34. The lowest BCUT2D eigenvalue weighted by molar-refractivity contribution is 0.174. The van der Waals surface area contributed by atoms with Crippen molar-refractivity contribution in [3.8, 4) is 11.1 Å². The molecule has 0 amide bonds. The first-order valence-electron chi connectivity index (χ1n) is 15.5. The zero-order valence-electron chi connectivity index (χ0n) is 23.9. The van der Waals surface area contributed by atoms with Gasteiger partial charge in [0.2, 0.25) is 0 Å². The minimum absolute atomic E-state index is 0.809. The Hall–Kier alpha value is -3.20. The van der Waals surface area contributed by atoms with Crippen molar-refractivity contribution in [3.05, 3.63) is 131 Å². The fourth-order valence-electron chi connectivity index (χ4n) is 6.87. The van der Waals surface area contributed by atoms with Crippen LogP contribution in [0.3, 0.4) is 0 Å². The van der Waals surface area contributed by atoms with Gasteiger partial charge in [-0.05, 0) is 110 Å². The molecule has 2 aliphatic heterocycles. The number of nitrogens with zero attached hydrogens (tertiary/aromatic N) is 2. The normalized spacial score (nSPS) is 17.7. The maximum absolute atomic E-state index is 2.70. The summed E-state index contributed by atoms with van der Waals surface area (Å²) in [6.45, 7) is 6.94. The second-order valence-corrected chi connectivity index (χ2v) is 12.2. The van der Waals surface area contributed by atoms with E-state index in [0.29, 0.717) is 0 Å². The smallest absolute Gasteiger partial charge is 0.0240 e. The average Bonchev–Trinajstić information content (AvgIpc) is 3.01. The van der Waals surface area contributed by atoms with Crippen molar-refractivity contribution < 1.29 is 0 Å². The molecule has 40 heavy (non-hydrogen) atoms. The third-order valence-electron chi connectivity index (χ3n) is 9.20. The van der Waals surface area contributed by atoms with E-state index in [1.54, 1.807) is 0 Å². The van der Waals surface area contributed by atoms with Gasteiger partial charge in [-0.25, -0.2) is 0 Å². The molecule has 2 nitrogen and oxygen atoms in total. The van der Waals surface area contributed by atoms with E-state index in [9.17, 15) is 0 Å². The van der Waals surface area contributed by atoms with Crippen LogP contribution in [0.4, 0.5) is 0 Å². The van der Waals surface area contributed by atoms with E-state index in [-0.39, 0.29) is 0 Å². The third kappa shape index (κ3) is 7.30. The van der Waals surface area contributed by atoms with Gasteiger partial charge in [-0.1, -0.05) is 109 Å². The van der Waals surface area contributed by atoms with E-state index in [4.69, 9.17) is 0 Å². The van der Waals surface area contributed by atoms with Gasteiger partial charge in [0.15, 0.2) is 0 Å². The maximum atomic E-state index is 2.70. The number of benzene rings is 4. The lowest BCUT2D eigenvalue weighted by Gasteiger charge is -2.33. The second-order valence-electron chi connectivity index (χ2n) is 12.2. The molecule has 0 aromatic heterocycles. The monoisotopic (exact) mass is 528 g/mol. The molecular weight excluding hydrogens is 484 g/mol. The Bertz CT molecular complexity index is 1300. The molecule has 2 heterocycles. The fourth-order valence-corrected chi connectivity index (χ4v) is 6.87. The summed E-state index contributed by atoms with van der Waals surface area (Å²) in [6, 6.07) is 40.4. The van der Waals surface area contributed by atoms with E-state index >= 15 is 0 Å². The van der Waals surface area contributed by atoms with Crippen molar-refractivity contribution in [1.29, 1.82) is 0 Å². The summed E-state index contributed by atoms with van der Waals surface area (Å²) in [6.07, 6.45) is 7.66. The van der Waals surface area contributed by atoms with Gasteiger partial charge < -0.3 is 0 Å². The van der Waals surface area contributed by atoms with Crippen LogP contribution in [0.15, 0.2) is 109 Å². The van der Waals surface area contributed by atoms with Crippen LogP contribution in [0.2, 0.25) is 0 Å². The molecule has 2 saturated heterocycles. The maximum Gasteiger partial charge on any atom is 0.0240 e. The van der Waals surface area contributed by atoms with Gasteiger partial charge in [0.25, 0.3) is 0 Å². The van der Waals surface area contributed by atoms with Crippen molar-refractivity contribution >= 4 is 0 Å². The predicted molar refractivity (Wildman–Crippen MR) is 168 cm³/mol. The Labute approximate surface area is 241 Å². The minimum atomic E-state index is 0.809. The molecule has 0 radical (unpaired) electrons. The van der Waals surface area contributed by atoms with Crippen LogP contribution in [0.25, 0.3) is 11.1 Å². The second kappa shape index (κ2) is 13.4. The van der Waals surface area contributed by atoms with E-state index in [1.807, 2.05) is 0 Å². The molecule has 0 bridgehead atoms. The standard InChI is InChI=1S/C38H44N2/c1-4-10-31(11-5-1)26-33-18-22-39(23-19-33)29-35-16-17-38(36-14-8-3-9-15-36)37(28-35)30-40-24-20-34(21-25-40)27-32-12-6-2-7-13-32/h1-17,28,33-34H,18-27,29-30H2. The molecule has 4 aromatic carbocycles. The highest BCUT2D eigenvalue weighted by atomic mass is 15.1. The highest BCUT2D eigenvalue weighted by molar-refractivity contribution is 5.67. The lowest BCUT2D eigenvalue weighted by atomic mass is 9.89. The molecule has 6 rings (SSSR count). The minimum Gasteiger partial charge on any atom is -0.299 e. The van der Waals surface area contributed by atoms with Crippen molar-refractivity contribution in [2.24, 2.45) is 11.8 Å². The van der Waals surface area contributed by atoms with Crippen LogP contribution in [0.5, 0.6) is 0 Å². The molecule has 206 valence electrons. The molecule has 2 aliphatic rings. The van der Waals surface area contributed by atoms with Crippen LogP contribution in [-0.2, 0) is 25.9 Å². The zero-order chi connectivity index (χ0) is 27.0. The van der Waals surface area contributed by atoms with Gasteiger partial charge in [-0.2, -0.15) is 0 Å². The molecule has 0 aliphatic carbocycles. The van der Waals surface area contributed by atoms with Crippen LogP contribution in [-0.4, -0.2) is 36.0 Å². The molecule has 0 spiro atoms. The van der Waals surface area contributed by atoms with Crippen LogP contribution < -0.4 is 0 Å². The summed E-state index contributed by atoms with van der Waals surface area (Å²) in [4.78, 5) is 5.37. The molecule has 4 aromatic rings. The van der Waals surface area contributed by atoms with Crippen molar-refractivity contribution in [3.63, 3.8) is 0 Å². The number of hydrogen-bond acceptors (Lipinski definition) is 2. The van der Waals surface area contributed by atoms with Crippen molar-refractivity contribution in [2.75, 3.05) is 26.2 Å². The number of piperidine rings is 2. The molecule has 0 saturated carbocycles. The van der Waals surface area contributed by atoms with Gasteiger partial charge in [-0.15, -0.1) is 0 Å². The fraction of sp³-hybridized carbons (Fsp3) is 0.368. The zero-order valence-corrected chi connectivity index (χ0v) is 23.9. The molecule has 0 N–H and O–H groups in total. The van der Waals surface area contributed by atoms with Crippen molar-refractivity contribution in [2.45, 2.75) is 51.6 Å². The van der Waals surface area contributed by atoms with E-state index < -0.39 is 0 Å². The summed E-state index contributed by atoms with van der Waals surface area (Å²) < 4.78 is 0. The highest BCUT2D eigenvalue weighted by Crippen LogP contribution is 2.30. The molecule has 0 atom stereocenters. The van der Waals surface area contributed by atoms with E-state index in [2.05, 4.69) is 119 Å². The number of rotatable bonds is 9. The van der Waals surface area contributed by atoms with Crippen molar-refractivity contribution in [1.82, 2.24) is 9.80 Å². The van der Waals surface area contributed by atoms with Gasteiger partial charge in [0, 0.05) is 13.1 Å². The average molecular weight is 529 g/mol. The summed E-state index contributed by atoms with van der Waals surface area (Å²) in [5, 5.41) is 0. The van der Waals surface area contributed by atoms with Gasteiger partial charge in [-0.3, -0.25) is 9.80 Å². The Balaban J connectivity index is 1.08. The van der Waals surface area contributed by atoms with Crippen LogP contribution in [0.1, 0.15) is 47.9 Å². The SMILES string of the molecule is c1ccc(CC2CCN(Cc3ccc(-c4ccccc4)c(CN4CCC(Cc5ccccc5)CC4)c3)CC2)cc1. The molecule has 0 unspecified atom stereocenters. The summed E-state index contributed by atoms with van der Waals surface area (Å²) in [5.74, 6) is 1.63. The van der Waals surface area contributed by atoms with Gasteiger partial charge in [0.1, 0.15) is 0 Å². The van der Waals surface area contributed by atoms with Crippen LogP contribution >= 0.6 is 0 Å². The topological polar surface area (TPSA) is 6.48 Å². The number of hydrogen-bond donors (Lipinski definition) is 0.